The number of hydrogen-bond donors (Lipinski definition) is 1. The lowest BCUT2D eigenvalue weighted by molar-refractivity contribution is -0.147. The van der Waals surface area contributed by atoms with E-state index in [2.05, 4.69) is 16.9 Å². The molecule has 0 aromatic heterocycles. The van der Waals surface area contributed by atoms with Crippen molar-refractivity contribution in [3.8, 4) is 11.6 Å². The number of nitrogens with one attached hydrogen (secondary N) is 1. The first-order valence-electron chi connectivity index (χ1n) is 13.1. The Morgan fingerprint density at radius 1 is 0.884 bits per heavy atom. The van der Waals surface area contributed by atoms with Gasteiger partial charge in [-0.3, -0.25) is 4.79 Å². The minimum atomic E-state index is -3.48. The van der Waals surface area contributed by atoms with Gasteiger partial charge in [-0.15, -0.1) is 0 Å². The lowest BCUT2D eigenvalue weighted by Crippen LogP contribution is -2.43. The van der Waals surface area contributed by atoms with Crippen molar-refractivity contribution in [2.24, 2.45) is 0 Å². The average molecular weight is 653 g/mol. The highest BCUT2D eigenvalue weighted by Gasteiger charge is 2.26. The second-order valence-corrected chi connectivity index (χ2v) is 14.4. The quantitative estimate of drug-likeness (QED) is 0.132. The van der Waals surface area contributed by atoms with E-state index in [4.69, 9.17) is 27.9 Å². The van der Waals surface area contributed by atoms with Crippen molar-refractivity contribution in [3.05, 3.63) is 129 Å². The van der Waals surface area contributed by atoms with Gasteiger partial charge in [0.25, 0.3) is 5.91 Å². The van der Waals surface area contributed by atoms with Crippen molar-refractivity contribution < 1.29 is 22.7 Å². The van der Waals surface area contributed by atoms with Crippen LogP contribution in [0.15, 0.2) is 102 Å². The summed E-state index contributed by atoms with van der Waals surface area (Å²) in [7, 11) is -4.21. The Balaban J connectivity index is 1.56. The summed E-state index contributed by atoms with van der Waals surface area (Å²) in [5, 5.41) is 3.96. The molecule has 1 N–H and O–H groups in total. The van der Waals surface area contributed by atoms with Crippen LogP contribution in [-0.4, -0.2) is 39.3 Å². The Labute approximate surface area is 263 Å². The number of esters is 1. The van der Waals surface area contributed by atoms with Crippen molar-refractivity contribution in [3.63, 3.8) is 0 Å². The molecule has 2 atom stereocenters. The maximum atomic E-state index is 13.4. The molecule has 0 fully saturated rings. The number of halogens is 2. The molecule has 220 valence electrons. The standard InChI is InChI=1S/C33H28Cl2NO5PS/c1-42(26-13-7-4-8-14-26)17-16-25-19-28(34)31(29(35)20-25)32(37)36-30(33(38)41-22-23-10-5-3-6-11-23)21-24-12-9-15-27(18-24)43(2,39)40/h3-15,18-20,30H,21-22H2,1-2H3,(H,36,37)/t30-,42?/m0/s1. The highest BCUT2D eigenvalue weighted by molar-refractivity contribution is 7.90. The zero-order valence-electron chi connectivity index (χ0n) is 23.4. The molecule has 0 heterocycles. The average Bonchev–Trinajstić information content (AvgIpc) is 2.98. The number of hydrogen-bond acceptors (Lipinski definition) is 5. The van der Waals surface area contributed by atoms with E-state index in [0.717, 1.165) is 17.1 Å². The molecule has 10 heteroatoms. The van der Waals surface area contributed by atoms with E-state index in [1.807, 2.05) is 67.3 Å². The van der Waals surface area contributed by atoms with Crippen LogP contribution in [0.3, 0.4) is 0 Å². The van der Waals surface area contributed by atoms with E-state index in [1.165, 1.54) is 12.1 Å². The van der Waals surface area contributed by atoms with Crippen LogP contribution in [0.4, 0.5) is 0 Å². The van der Waals surface area contributed by atoms with E-state index < -0.39 is 35.7 Å². The van der Waals surface area contributed by atoms with Gasteiger partial charge in [0.2, 0.25) is 0 Å². The minimum Gasteiger partial charge on any atom is -0.459 e. The molecule has 0 spiro atoms. The first kappa shape index (κ1) is 32.3. The fourth-order valence-corrected chi connectivity index (χ4v) is 6.51. The molecule has 1 unspecified atom stereocenters. The van der Waals surface area contributed by atoms with Crippen LogP contribution in [0, 0.1) is 11.6 Å². The maximum Gasteiger partial charge on any atom is 0.329 e. The summed E-state index contributed by atoms with van der Waals surface area (Å²) in [6.07, 6.45) is 1.07. The highest BCUT2D eigenvalue weighted by Crippen LogP contribution is 2.29. The van der Waals surface area contributed by atoms with Crippen LogP contribution in [-0.2, 0) is 32.4 Å². The topological polar surface area (TPSA) is 89.5 Å². The van der Waals surface area contributed by atoms with Crippen LogP contribution >= 0.6 is 31.1 Å². The van der Waals surface area contributed by atoms with Crippen LogP contribution in [0.25, 0.3) is 0 Å². The summed E-state index contributed by atoms with van der Waals surface area (Å²) in [5.74, 6) is 1.70. The zero-order valence-corrected chi connectivity index (χ0v) is 26.6. The second-order valence-electron chi connectivity index (χ2n) is 9.69. The van der Waals surface area contributed by atoms with Gasteiger partial charge in [0.15, 0.2) is 9.84 Å². The summed E-state index contributed by atoms with van der Waals surface area (Å²) in [5.41, 5.74) is 5.05. The molecular formula is C33H28Cl2NO5PS. The van der Waals surface area contributed by atoms with Gasteiger partial charge in [-0.1, -0.05) is 108 Å². The molecular weight excluding hydrogens is 624 g/mol. The Morgan fingerprint density at radius 2 is 1.49 bits per heavy atom. The van der Waals surface area contributed by atoms with E-state index in [0.29, 0.717) is 11.1 Å². The lowest BCUT2D eigenvalue weighted by atomic mass is 10.0. The Hall–Kier alpha value is -3.66. The Morgan fingerprint density at radius 3 is 2.12 bits per heavy atom. The molecule has 43 heavy (non-hydrogen) atoms. The van der Waals surface area contributed by atoms with E-state index >= 15 is 0 Å². The Kier molecular flexibility index (Phi) is 11.0. The smallest absolute Gasteiger partial charge is 0.329 e. The zero-order chi connectivity index (χ0) is 31.0. The monoisotopic (exact) mass is 651 g/mol. The number of carbonyl (C=O) groups excluding carboxylic acids is 2. The van der Waals surface area contributed by atoms with Crippen molar-refractivity contribution in [1.29, 1.82) is 0 Å². The summed E-state index contributed by atoms with van der Waals surface area (Å²) in [6.45, 7) is 2.04. The predicted octanol–water partition coefficient (Wildman–Crippen LogP) is 6.23. The molecule has 0 saturated heterocycles. The third-order valence-corrected chi connectivity index (χ3v) is 9.59. The molecule has 1 amide bonds. The van der Waals surface area contributed by atoms with Gasteiger partial charge >= 0.3 is 5.97 Å². The number of carbonyl (C=O) groups is 2. The highest BCUT2D eigenvalue weighted by atomic mass is 35.5. The molecule has 4 rings (SSSR count). The third kappa shape index (κ3) is 9.16. The molecule has 4 aromatic carbocycles. The SMILES string of the molecule is CP(C#Cc1cc(Cl)c(C(=O)N[C@@H](Cc2cccc(S(C)(=O)=O)c2)C(=O)OCc2ccccc2)c(Cl)c1)c1ccccc1. The lowest BCUT2D eigenvalue weighted by Gasteiger charge is -2.19. The van der Waals surface area contributed by atoms with Crippen LogP contribution in [0.5, 0.6) is 0 Å². The van der Waals surface area contributed by atoms with Crippen LogP contribution in [0.2, 0.25) is 10.0 Å². The summed E-state index contributed by atoms with van der Waals surface area (Å²) < 4.78 is 29.7. The predicted molar refractivity (Wildman–Crippen MR) is 173 cm³/mol. The van der Waals surface area contributed by atoms with Gasteiger partial charge < -0.3 is 10.1 Å². The van der Waals surface area contributed by atoms with Gasteiger partial charge in [-0.2, -0.15) is 0 Å². The summed E-state index contributed by atoms with van der Waals surface area (Å²) >= 11 is 13.0. The maximum absolute atomic E-state index is 13.4. The normalized spacial score (nSPS) is 12.4. The fraction of sp³-hybridized carbons (Fsp3) is 0.152. The van der Waals surface area contributed by atoms with Crippen LogP contribution < -0.4 is 10.6 Å². The van der Waals surface area contributed by atoms with Gasteiger partial charge in [-0.05, 0) is 47.4 Å². The molecule has 0 aliphatic heterocycles. The summed E-state index contributed by atoms with van der Waals surface area (Å²) in [4.78, 5) is 26.8. The first-order valence-corrected chi connectivity index (χ1v) is 17.5. The first-order chi connectivity index (χ1) is 20.5. The molecule has 0 radical (unpaired) electrons. The molecule has 0 saturated carbocycles. The Bertz CT molecular complexity index is 1770. The van der Waals surface area contributed by atoms with E-state index in [1.54, 1.807) is 24.3 Å². The molecule has 0 bridgehead atoms. The van der Waals surface area contributed by atoms with E-state index in [-0.39, 0.29) is 33.5 Å². The van der Waals surface area contributed by atoms with Crippen LogP contribution in [0.1, 0.15) is 27.0 Å². The number of benzene rings is 4. The molecule has 0 aliphatic rings. The number of amides is 1. The van der Waals surface area contributed by atoms with Crippen molar-refractivity contribution >= 4 is 58.1 Å². The molecule has 6 nitrogen and oxygen atoms in total. The van der Waals surface area contributed by atoms with Crippen molar-refractivity contribution in [2.75, 3.05) is 12.9 Å². The second kappa shape index (κ2) is 14.7. The van der Waals surface area contributed by atoms with E-state index in [9.17, 15) is 18.0 Å². The fourth-order valence-electron chi connectivity index (χ4n) is 4.12. The van der Waals surface area contributed by atoms with Gasteiger partial charge in [0, 0.05) is 26.2 Å². The molecule has 4 aromatic rings. The number of rotatable bonds is 9. The van der Waals surface area contributed by atoms with Gasteiger partial charge in [0.05, 0.1) is 20.5 Å². The number of sulfone groups is 1. The van der Waals surface area contributed by atoms with Crippen molar-refractivity contribution in [1.82, 2.24) is 5.32 Å². The van der Waals surface area contributed by atoms with Gasteiger partial charge in [0.1, 0.15) is 12.6 Å². The largest absolute Gasteiger partial charge is 0.459 e. The number of ether oxygens (including phenoxy) is 1. The minimum absolute atomic E-state index is 0.00669. The third-order valence-electron chi connectivity index (χ3n) is 6.36. The van der Waals surface area contributed by atoms with Crippen molar-refractivity contribution in [2.45, 2.75) is 24.0 Å². The summed E-state index contributed by atoms with van der Waals surface area (Å²) in [6, 6.07) is 27.1. The molecule has 0 aliphatic carbocycles. The van der Waals surface area contributed by atoms with Gasteiger partial charge in [-0.25, -0.2) is 13.2 Å².